The highest BCUT2D eigenvalue weighted by molar-refractivity contribution is 7.18. The number of benzene rings is 3. The van der Waals surface area contributed by atoms with Crippen molar-refractivity contribution in [3.05, 3.63) is 77.9 Å². The van der Waals surface area contributed by atoms with Crippen LogP contribution in [0.25, 0.3) is 21.3 Å². The Labute approximate surface area is 178 Å². The van der Waals surface area contributed by atoms with E-state index in [1.54, 1.807) is 13.0 Å². The van der Waals surface area contributed by atoms with Crippen LogP contribution < -0.4 is 10.6 Å². The summed E-state index contributed by atoms with van der Waals surface area (Å²) >= 11 is 1.29. The van der Waals surface area contributed by atoms with Crippen LogP contribution >= 0.6 is 11.3 Å². The van der Waals surface area contributed by atoms with E-state index in [0.29, 0.717) is 10.7 Å². The van der Waals surface area contributed by atoms with Crippen molar-refractivity contribution in [2.75, 3.05) is 5.32 Å². The predicted octanol–water partition coefficient (Wildman–Crippen LogP) is 4.42. The van der Waals surface area contributed by atoms with E-state index >= 15 is 0 Å². The molecule has 0 spiro atoms. The Bertz CT molecular complexity index is 1230. The number of rotatable bonds is 5. The summed E-state index contributed by atoms with van der Waals surface area (Å²) in [4.78, 5) is 25.3. The summed E-state index contributed by atoms with van der Waals surface area (Å²) in [5, 5.41) is 16.6. The summed E-state index contributed by atoms with van der Waals surface area (Å²) in [5.41, 5.74) is 2.61. The van der Waals surface area contributed by atoms with E-state index in [4.69, 9.17) is 0 Å². The van der Waals surface area contributed by atoms with E-state index < -0.39 is 6.04 Å². The number of nitrogens with one attached hydrogen (secondary N) is 2. The minimum atomic E-state index is -0.734. The number of hydrogen-bond donors (Lipinski definition) is 2. The topological polar surface area (TPSA) is 84.0 Å². The van der Waals surface area contributed by atoms with Gasteiger partial charge in [-0.1, -0.05) is 71.5 Å². The maximum Gasteiger partial charge on any atom is 0.252 e. The number of nitrogens with zero attached hydrogens (tertiary/aromatic N) is 2. The summed E-state index contributed by atoms with van der Waals surface area (Å²) < 4.78 is 0. The molecule has 0 fully saturated rings. The van der Waals surface area contributed by atoms with Gasteiger partial charge in [0, 0.05) is 11.1 Å². The molecule has 1 heterocycles. The van der Waals surface area contributed by atoms with Crippen LogP contribution in [0.15, 0.2) is 66.7 Å². The number of anilines is 1. The molecule has 6 nitrogen and oxygen atoms in total. The number of fused-ring (bicyclic) bond motifs is 1. The maximum absolute atomic E-state index is 12.7. The molecule has 0 aliphatic carbocycles. The lowest BCUT2D eigenvalue weighted by Gasteiger charge is -2.14. The van der Waals surface area contributed by atoms with Crippen LogP contribution in [0.4, 0.5) is 5.13 Å². The van der Waals surface area contributed by atoms with Crippen molar-refractivity contribution in [1.29, 1.82) is 0 Å². The zero-order valence-corrected chi connectivity index (χ0v) is 17.4. The molecule has 150 valence electrons. The predicted molar refractivity (Wildman–Crippen MR) is 120 cm³/mol. The minimum absolute atomic E-state index is 0.299. The Morgan fingerprint density at radius 1 is 0.967 bits per heavy atom. The standard InChI is InChI=1S/C23H20N4O2S/c1-14-7-5-10-17(13-14)22-26-27-23(30-22)25-20(28)15(2)24-21(29)19-12-6-9-16-8-3-4-11-18(16)19/h3-13,15H,1-2H3,(H,24,29)(H,25,27,28). The molecule has 2 amide bonds. The minimum Gasteiger partial charge on any atom is -0.340 e. The van der Waals surface area contributed by atoms with E-state index in [2.05, 4.69) is 20.8 Å². The lowest BCUT2D eigenvalue weighted by molar-refractivity contribution is -0.117. The van der Waals surface area contributed by atoms with Gasteiger partial charge in [0.1, 0.15) is 11.0 Å². The smallest absolute Gasteiger partial charge is 0.252 e. The van der Waals surface area contributed by atoms with E-state index in [9.17, 15) is 9.59 Å². The van der Waals surface area contributed by atoms with Gasteiger partial charge in [-0.15, -0.1) is 10.2 Å². The van der Waals surface area contributed by atoms with Crippen molar-refractivity contribution in [2.45, 2.75) is 19.9 Å². The largest absolute Gasteiger partial charge is 0.340 e. The molecule has 1 unspecified atom stereocenters. The first-order valence-corrected chi connectivity index (χ1v) is 10.3. The molecular weight excluding hydrogens is 396 g/mol. The van der Waals surface area contributed by atoms with Crippen molar-refractivity contribution < 1.29 is 9.59 Å². The van der Waals surface area contributed by atoms with Crippen LogP contribution in [0.1, 0.15) is 22.8 Å². The molecule has 30 heavy (non-hydrogen) atoms. The van der Waals surface area contributed by atoms with E-state index in [-0.39, 0.29) is 11.8 Å². The number of carbonyl (C=O) groups is 2. The molecule has 3 aromatic carbocycles. The van der Waals surface area contributed by atoms with Crippen molar-refractivity contribution in [3.8, 4) is 10.6 Å². The zero-order chi connectivity index (χ0) is 21.1. The molecule has 0 bridgehead atoms. The molecule has 4 rings (SSSR count). The first-order valence-electron chi connectivity index (χ1n) is 9.51. The Balaban J connectivity index is 1.43. The number of aromatic nitrogens is 2. The first kappa shape index (κ1) is 19.7. The summed E-state index contributed by atoms with van der Waals surface area (Å²) in [6.45, 7) is 3.65. The third-order valence-corrected chi connectivity index (χ3v) is 5.58. The van der Waals surface area contributed by atoms with E-state index in [0.717, 1.165) is 26.9 Å². The molecule has 4 aromatic rings. The van der Waals surface area contributed by atoms with Gasteiger partial charge in [-0.25, -0.2) is 0 Å². The highest BCUT2D eigenvalue weighted by Crippen LogP contribution is 2.27. The average Bonchev–Trinajstić information content (AvgIpc) is 3.21. The second-order valence-corrected chi connectivity index (χ2v) is 7.97. The lowest BCUT2D eigenvalue weighted by atomic mass is 10.0. The van der Waals surface area contributed by atoms with E-state index in [1.165, 1.54) is 11.3 Å². The van der Waals surface area contributed by atoms with Crippen molar-refractivity contribution in [1.82, 2.24) is 15.5 Å². The summed E-state index contributed by atoms with van der Waals surface area (Å²) in [5.74, 6) is -0.650. The van der Waals surface area contributed by atoms with Gasteiger partial charge in [-0.2, -0.15) is 0 Å². The number of hydrogen-bond acceptors (Lipinski definition) is 5. The van der Waals surface area contributed by atoms with Crippen LogP contribution in [-0.4, -0.2) is 28.1 Å². The average molecular weight is 417 g/mol. The summed E-state index contributed by atoms with van der Waals surface area (Å²) in [6.07, 6.45) is 0. The normalized spacial score (nSPS) is 11.8. The third-order valence-electron chi connectivity index (χ3n) is 4.70. The number of carbonyl (C=O) groups excluding carboxylic acids is 2. The fourth-order valence-electron chi connectivity index (χ4n) is 3.15. The molecular formula is C23H20N4O2S. The van der Waals surface area contributed by atoms with Gasteiger partial charge >= 0.3 is 0 Å². The summed E-state index contributed by atoms with van der Waals surface area (Å²) in [7, 11) is 0. The van der Waals surface area contributed by atoms with Crippen LogP contribution in [0, 0.1) is 6.92 Å². The van der Waals surface area contributed by atoms with Crippen molar-refractivity contribution in [2.24, 2.45) is 0 Å². The Hall–Kier alpha value is -3.58. The second kappa shape index (κ2) is 8.42. The van der Waals surface area contributed by atoms with Crippen LogP contribution in [0.3, 0.4) is 0 Å². The lowest BCUT2D eigenvalue weighted by Crippen LogP contribution is -2.41. The van der Waals surface area contributed by atoms with Gasteiger partial charge in [-0.3, -0.25) is 14.9 Å². The van der Waals surface area contributed by atoms with Gasteiger partial charge in [0.15, 0.2) is 0 Å². The van der Waals surface area contributed by atoms with Crippen molar-refractivity contribution in [3.63, 3.8) is 0 Å². The van der Waals surface area contributed by atoms with Gasteiger partial charge in [0.2, 0.25) is 11.0 Å². The molecule has 2 N–H and O–H groups in total. The highest BCUT2D eigenvalue weighted by atomic mass is 32.1. The fraction of sp³-hybridized carbons (Fsp3) is 0.130. The summed E-state index contributed by atoms with van der Waals surface area (Å²) in [6, 6.07) is 20.4. The first-order chi connectivity index (χ1) is 14.5. The second-order valence-electron chi connectivity index (χ2n) is 6.99. The third kappa shape index (κ3) is 4.21. The molecule has 1 atom stereocenters. The van der Waals surface area contributed by atoms with Crippen LogP contribution in [-0.2, 0) is 4.79 Å². The Kier molecular flexibility index (Phi) is 5.54. The van der Waals surface area contributed by atoms with Gasteiger partial charge in [-0.05, 0) is 36.8 Å². The van der Waals surface area contributed by atoms with Crippen molar-refractivity contribution >= 4 is 39.1 Å². The molecule has 0 saturated carbocycles. The zero-order valence-electron chi connectivity index (χ0n) is 16.5. The number of aryl methyl sites for hydroxylation is 1. The number of amides is 2. The Morgan fingerprint density at radius 2 is 1.73 bits per heavy atom. The van der Waals surface area contributed by atoms with Gasteiger partial charge in [0.25, 0.3) is 5.91 Å². The van der Waals surface area contributed by atoms with Crippen LogP contribution in [0.2, 0.25) is 0 Å². The molecule has 0 radical (unpaired) electrons. The van der Waals surface area contributed by atoms with E-state index in [1.807, 2.05) is 67.6 Å². The molecule has 1 aromatic heterocycles. The van der Waals surface area contributed by atoms with Crippen LogP contribution in [0.5, 0.6) is 0 Å². The molecule has 0 aliphatic rings. The van der Waals surface area contributed by atoms with Gasteiger partial charge in [0.05, 0.1) is 0 Å². The Morgan fingerprint density at radius 3 is 2.57 bits per heavy atom. The SMILES string of the molecule is Cc1cccc(-c2nnc(NC(=O)C(C)NC(=O)c3cccc4ccccc34)s2)c1. The molecule has 0 aliphatic heterocycles. The quantitative estimate of drug-likeness (QED) is 0.504. The highest BCUT2D eigenvalue weighted by Gasteiger charge is 2.19. The maximum atomic E-state index is 12.7. The van der Waals surface area contributed by atoms with Gasteiger partial charge < -0.3 is 5.32 Å². The molecule has 0 saturated heterocycles. The monoisotopic (exact) mass is 416 g/mol. The fourth-order valence-corrected chi connectivity index (χ4v) is 3.89. The molecule has 7 heteroatoms.